The van der Waals surface area contributed by atoms with Crippen molar-refractivity contribution in [3.05, 3.63) is 11.3 Å². The number of Topliss-reactive ketones (excluding diaryl/α,β-unsaturated/α-hetero) is 1. The van der Waals surface area contributed by atoms with E-state index in [-0.39, 0.29) is 17.9 Å². The second kappa shape index (κ2) is 7.56. The lowest BCUT2D eigenvalue weighted by atomic mass is 9.85. The highest BCUT2D eigenvalue weighted by molar-refractivity contribution is 6.28. The second-order valence-corrected chi connectivity index (χ2v) is 6.41. The normalized spacial score (nSPS) is 22.3. The van der Waals surface area contributed by atoms with Crippen molar-refractivity contribution in [1.82, 2.24) is 4.90 Å². The molecular weight excluding hydrogens is 282 g/mol. The van der Waals surface area contributed by atoms with Gasteiger partial charge in [0.2, 0.25) is 5.91 Å². The molecule has 0 atom stereocenters. The largest absolute Gasteiger partial charge is 0.511 e. The van der Waals surface area contributed by atoms with Gasteiger partial charge < -0.3 is 5.11 Å². The van der Waals surface area contributed by atoms with E-state index in [9.17, 15) is 19.5 Å². The van der Waals surface area contributed by atoms with Gasteiger partial charge in [-0.1, -0.05) is 44.9 Å². The minimum absolute atomic E-state index is 0.151. The Morgan fingerprint density at radius 3 is 2.45 bits per heavy atom. The molecule has 22 heavy (non-hydrogen) atoms. The zero-order valence-electron chi connectivity index (χ0n) is 13.3. The summed E-state index contributed by atoms with van der Waals surface area (Å²) >= 11 is 0. The van der Waals surface area contributed by atoms with Crippen molar-refractivity contribution in [3.63, 3.8) is 0 Å². The molecule has 5 nitrogen and oxygen atoms in total. The van der Waals surface area contributed by atoms with Gasteiger partial charge in [-0.05, 0) is 12.3 Å². The summed E-state index contributed by atoms with van der Waals surface area (Å²) in [6, 6.07) is 0. The fourth-order valence-electron chi connectivity index (χ4n) is 3.41. The molecule has 2 amide bonds. The molecule has 1 saturated carbocycles. The van der Waals surface area contributed by atoms with Crippen molar-refractivity contribution >= 4 is 17.6 Å². The summed E-state index contributed by atoms with van der Waals surface area (Å²) in [5.41, 5.74) is -0.187. The Labute approximate surface area is 131 Å². The van der Waals surface area contributed by atoms with Gasteiger partial charge in [0.25, 0.3) is 5.91 Å². The standard InChI is InChI=1S/C17H25NO4/c1-12(19)18-11-15(21)16(17(18)22)14(20)10-6-5-9-13-7-3-2-4-8-13/h13,20H,2-11H2,1H3/b16-14-. The summed E-state index contributed by atoms with van der Waals surface area (Å²) < 4.78 is 0. The average Bonchev–Trinajstić information content (AvgIpc) is 2.80. The number of nitrogens with zero attached hydrogens (tertiary/aromatic N) is 1. The molecule has 1 aliphatic carbocycles. The van der Waals surface area contributed by atoms with Crippen LogP contribution in [-0.4, -0.2) is 34.1 Å². The molecule has 2 rings (SSSR count). The molecule has 0 radical (unpaired) electrons. The van der Waals surface area contributed by atoms with E-state index in [2.05, 4.69) is 0 Å². The van der Waals surface area contributed by atoms with Gasteiger partial charge in [-0.15, -0.1) is 0 Å². The summed E-state index contributed by atoms with van der Waals surface area (Å²) in [6.07, 6.45) is 9.87. The SMILES string of the molecule is CC(=O)N1CC(=O)/C(=C(/O)CCCCC2CCCCC2)C1=O. The van der Waals surface area contributed by atoms with Crippen molar-refractivity contribution in [2.75, 3.05) is 6.54 Å². The number of ketones is 1. The third-order valence-corrected chi connectivity index (χ3v) is 4.71. The molecule has 0 spiro atoms. The van der Waals surface area contributed by atoms with Gasteiger partial charge >= 0.3 is 0 Å². The molecule has 0 aromatic carbocycles. The lowest BCUT2D eigenvalue weighted by molar-refractivity contribution is -0.139. The number of amides is 2. The van der Waals surface area contributed by atoms with Crippen molar-refractivity contribution in [1.29, 1.82) is 0 Å². The van der Waals surface area contributed by atoms with E-state index in [1.807, 2.05) is 0 Å². The second-order valence-electron chi connectivity index (χ2n) is 6.41. The smallest absolute Gasteiger partial charge is 0.267 e. The molecule has 0 aromatic rings. The van der Waals surface area contributed by atoms with Crippen LogP contribution in [0.15, 0.2) is 11.3 Å². The summed E-state index contributed by atoms with van der Waals surface area (Å²) in [4.78, 5) is 35.9. The van der Waals surface area contributed by atoms with Gasteiger partial charge in [-0.3, -0.25) is 19.3 Å². The number of carbonyl (C=O) groups excluding carboxylic acids is 3. The molecule has 5 heteroatoms. The third-order valence-electron chi connectivity index (χ3n) is 4.71. The topological polar surface area (TPSA) is 74.7 Å². The number of imide groups is 1. The number of hydrogen-bond donors (Lipinski definition) is 1. The van der Waals surface area contributed by atoms with Crippen LogP contribution in [0.3, 0.4) is 0 Å². The van der Waals surface area contributed by atoms with Gasteiger partial charge in [0.1, 0.15) is 11.3 Å². The van der Waals surface area contributed by atoms with Crippen molar-refractivity contribution in [2.45, 2.75) is 64.7 Å². The van der Waals surface area contributed by atoms with Crippen LogP contribution in [-0.2, 0) is 14.4 Å². The van der Waals surface area contributed by atoms with Crippen LogP contribution < -0.4 is 0 Å². The molecule has 2 fully saturated rings. The highest BCUT2D eigenvalue weighted by Crippen LogP contribution is 2.28. The van der Waals surface area contributed by atoms with E-state index in [4.69, 9.17) is 0 Å². The van der Waals surface area contributed by atoms with E-state index < -0.39 is 17.6 Å². The minimum atomic E-state index is -0.651. The van der Waals surface area contributed by atoms with Crippen LogP contribution in [0.1, 0.15) is 64.7 Å². The van der Waals surface area contributed by atoms with Crippen LogP contribution >= 0.6 is 0 Å². The Morgan fingerprint density at radius 2 is 1.86 bits per heavy atom. The first-order chi connectivity index (χ1) is 10.5. The predicted octanol–water partition coefficient (Wildman–Crippen LogP) is 2.90. The van der Waals surface area contributed by atoms with Gasteiger partial charge in [0.05, 0.1) is 6.54 Å². The number of aliphatic hydroxyl groups is 1. The summed E-state index contributed by atoms with van der Waals surface area (Å²) in [5.74, 6) is -0.917. The Balaban J connectivity index is 1.82. The van der Waals surface area contributed by atoms with E-state index >= 15 is 0 Å². The first-order valence-electron chi connectivity index (χ1n) is 8.28. The number of carbonyl (C=O) groups is 3. The maximum Gasteiger partial charge on any atom is 0.267 e. The number of hydrogen-bond acceptors (Lipinski definition) is 4. The number of likely N-dealkylation sites (tertiary alicyclic amines) is 1. The molecule has 0 aromatic heterocycles. The highest BCUT2D eigenvalue weighted by atomic mass is 16.3. The summed E-state index contributed by atoms with van der Waals surface area (Å²) in [7, 11) is 0. The van der Waals surface area contributed by atoms with Crippen LogP contribution in [0, 0.1) is 5.92 Å². The average molecular weight is 307 g/mol. The number of aliphatic hydroxyl groups excluding tert-OH is 1. The molecule has 1 saturated heterocycles. The summed E-state index contributed by atoms with van der Waals surface area (Å²) in [5, 5.41) is 10.0. The van der Waals surface area contributed by atoms with Gasteiger partial charge in [-0.2, -0.15) is 0 Å². The summed E-state index contributed by atoms with van der Waals surface area (Å²) in [6.45, 7) is 1.00. The van der Waals surface area contributed by atoms with Gasteiger partial charge in [-0.25, -0.2) is 0 Å². The van der Waals surface area contributed by atoms with Crippen LogP contribution in [0.4, 0.5) is 0 Å². The number of unbranched alkanes of at least 4 members (excludes halogenated alkanes) is 1. The van der Waals surface area contributed by atoms with E-state index in [1.165, 1.54) is 39.0 Å². The zero-order chi connectivity index (χ0) is 16.1. The first-order valence-corrected chi connectivity index (χ1v) is 8.28. The lowest BCUT2D eigenvalue weighted by Gasteiger charge is -2.21. The Hall–Kier alpha value is -1.65. The van der Waals surface area contributed by atoms with Gasteiger partial charge in [0, 0.05) is 13.3 Å². The predicted molar refractivity (Wildman–Crippen MR) is 82.1 cm³/mol. The van der Waals surface area contributed by atoms with E-state index in [0.29, 0.717) is 6.42 Å². The lowest BCUT2D eigenvalue weighted by Crippen LogP contribution is -2.30. The molecule has 1 aliphatic heterocycles. The third kappa shape index (κ3) is 3.96. The molecular formula is C17H25NO4. The van der Waals surface area contributed by atoms with Crippen molar-refractivity contribution < 1.29 is 19.5 Å². The molecule has 2 aliphatic rings. The van der Waals surface area contributed by atoms with E-state index in [0.717, 1.165) is 30.1 Å². The Morgan fingerprint density at radius 1 is 1.18 bits per heavy atom. The fraction of sp³-hybridized carbons (Fsp3) is 0.706. The van der Waals surface area contributed by atoms with Crippen LogP contribution in [0.2, 0.25) is 0 Å². The van der Waals surface area contributed by atoms with Crippen LogP contribution in [0.25, 0.3) is 0 Å². The first kappa shape index (κ1) is 16.7. The van der Waals surface area contributed by atoms with Crippen molar-refractivity contribution in [3.8, 4) is 0 Å². The molecule has 0 bridgehead atoms. The maximum atomic E-state index is 11.9. The maximum absolute atomic E-state index is 11.9. The molecule has 1 N–H and O–H groups in total. The highest BCUT2D eigenvalue weighted by Gasteiger charge is 2.38. The van der Waals surface area contributed by atoms with Crippen LogP contribution in [0.5, 0.6) is 0 Å². The van der Waals surface area contributed by atoms with Gasteiger partial charge in [0.15, 0.2) is 5.78 Å². The molecule has 0 unspecified atom stereocenters. The monoisotopic (exact) mass is 307 g/mol. The number of allylic oxidation sites excluding steroid dienone is 1. The Bertz CT molecular complexity index is 489. The minimum Gasteiger partial charge on any atom is -0.511 e. The van der Waals surface area contributed by atoms with E-state index in [1.54, 1.807) is 0 Å². The zero-order valence-corrected chi connectivity index (χ0v) is 13.3. The fourth-order valence-corrected chi connectivity index (χ4v) is 3.41. The molecule has 122 valence electrons. The van der Waals surface area contributed by atoms with Crippen molar-refractivity contribution in [2.24, 2.45) is 5.92 Å². The molecule has 1 heterocycles. The quantitative estimate of drug-likeness (QED) is 0.367. The number of rotatable bonds is 5. The Kier molecular flexibility index (Phi) is 5.75.